The summed E-state index contributed by atoms with van der Waals surface area (Å²) in [4.78, 5) is 0. The maximum atomic E-state index is 12.4. The third kappa shape index (κ3) is 9.21. The highest BCUT2D eigenvalue weighted by Crippen LogP contribution is 2.76. The Morgan fingerprint density at radius 2 is 1.16 bits per heavy atom. The van der Waals surface area contributed by atoms with Gasteiger partial charge >= 0.3 is 0 Å². The minimum absolute atomic E-state index is 0.0346. The molecule has 9 aliphatic rings. The molecule has 0 aromatic carbocycles. The summed E-state index contributed by atoms with van der Waals surface area (Å²) < 4.78 is 49.0. The molecule has 0 spiro atoms. The van der Waals surface area contributed by atoms with Crippen LogP contribution < -0.4 is 0 Å². The third-order valence-electron chi connectivity index (χ3n) is 21.2. The lowest BCUT2D eigenvalue weighted by atomic mass is 9.33. The van der Waals surface area contributed by atoms with E-state index in [0.29, 0.717) is 12.8 Å². The second kappa shape index (κ2) is 20.8. The highest BCUT2D eigenvalue weighted by atomic mass is 16.8. The van der Waals surface area contributed by atoms with Crippen LogP contribution in [0.15, 0.2) is 11.6 Å². The lowest BCUT2D eigenvalue weighted by Gasteiger charge is -2.72. The summed E-state index contributed by atoms with van der Waals surface area (Å²) in [5.41, 5.74) is -0.177. The lowest BCUT2D eigenvalue weighted by Crippen LogP contribution is -2.68. The average molecular weight is 1060 g/mol. The fourth-order valence-electron chi connectivity index (χ4n) is 16.3. The highest BCUT2D eigenvalue weighted by Gasteiger charge is 2.70. The summed E-state index contributed by atoms with van der Waals surface area (Å²) >= 11 is 0. The predicted molar refractivity (Wildman–Crippen MR) is 257 cm³/mol. The van der Waals surface area contributed by atoms with Crippen LogP contribution in [0.4, 0.5) is 0 Å². The summed E-state index contributed by atoms with van der Waals surface area (Å²) in [6.45, 7) is 15.6. The van der Waals surface area contributed by atoms with Gasteiger partial charge in [-0.05, 0) is 110 Å². The molecule has 5 aliphatic carbocycles. The third-order valence-corrected chi connectivity index (χ3v) is 21.2. The number of rotatable bonds is 11. The van der Waals surface area contributed by atoms with Crippen molar-refractivity contribution in [2.45, 2.75) is 242 Å². The Balaban J connectivity index is 0.973. The van der Waals surface area contributed by atoms with Gasteiger partial charge in [-0.3, -0.25) is 0 Å². The van der Waals surface area contributed by atoms with Gasteiger partial charge in [0, 0.05) is 5.41 Å². The van der Waals surface area contributed by atoms with Crippen molar-refractivity contribution >= 4 is 0 Å². The Labute approximate surface area is 433 Å². The quantitative estimate of drug-likeness (QED) is 0.0879. The van der Waals surface area contributed by atoms with Crippen LogP contribution in [-0.4, -0.2) is 222 Å². The van der Waals surface area contributed by atoms with Crippen molar-refractivity contribution in [1.82, 2.24) is 0 Å². The van der Waals surface area contributed by atoms with Crippen LogP contribution >= 0.6 is 0 Å². The van der Waals surface area contributed by atoms with Crippen LogP contribution in [-0.2, 0) is 37.9 Å². The zero-order chi connectivity index (χ0) is 54.0. The number of hydrogen-bond donors (Lipinski definition) is 13. The normalized spacial score (nSPS) is 55.2. The van der Waals surface area contributed by atoms with Gasteiger partial charge < -0.3 is 104 Å². The van der Waals surface area contributed by atoms with Gasteiger partial charge in [0.05, 0.1) is 44.7 Å². The van der Waals surface area contributed by atoms with Crippen LogP contribution in [0.25, 0.3) is 0 Å². The van der Waals surface area contributed by atoms with Crippen molar-refractivity contribution in [1.29, 1.82) is 0 Å². The second-order valence-corrected chi connectivity index (χ2v) is 26.0. The Kier molecular flexibility index (Phi) is 16.2. The van der Waals surface area contributed by atoms with Gasteiger partial charge in [0.15, 0.2) is 25.2 Å². The van der Waals surface area contributed by atoms with E-state index in [-0.39, 0.29) is 46.0 Å². The lowest BCUT2D eigenvalue weighted by molar-refractivity contribution is -0.394. The molecule has 8 fully saturated rings. The van der Waals surface area contributed by atoms with Gasteiger partial charge in [-0.1, -0.05) is 60.1 Å². The van der Waals surface area contributed by atoms with E-state index in [0.717, 1.165) is 44.9 Å². The van der Waals surface area contributed by atoms with Crippen LogP contribution in [0, 0.1) is 50.2 Å². The fraction of sp³-hybridized carbons (Fsp3) is 0.962. The molecule has 4 aliphatic heterocycles. The van der Waals surface area contributed by atoms with Gasteiger partial charge in [-0.2, -0.15) is 0 Å². The van der Waals surface area contributed by atoms with Crippen LogP contribution in [0.1, 0.15) is 113 Å². The van der Waals surface area contributed by atoms with E-state index in [1.807, 2.05) is 0 Å². The molecular weight excluding hydrogens is 973 g/mol. The molecule has 0 radical (unpaired) electrons. The number of aliphatic hydroxyl groups excluding tert-OH is 13. The summed E-state index contributed by atoms with van der Waals surface area (Å²) in [6.07, 6.45) is -22.4. The zero-order valence-electron chi connectivity index (χ0n) is 44.2. The molecular formula is C53H88O21. The van der Waals surface area contributed by atoms with E-state index in [1.54, 1.807) is 0 Å². The van der Waals surface area contributed by atoms with E-state index in [9.17, 15) is 66.4 Å². The first kappa shape index (κ1) is 57.6. The smallest absolute Gasteiger partial charge is 0.187 e. The predicted octanol–water partition coefficient (Wildman–Crippen LogP) is -0.924. The Hall–Kier alpha value is -1.10. The molecule has 426 valence electrons. The maximum absolute atomic E-state index is 12.4. The molecule has 0 aromatic rings. The Bertz CT molecular complexity index is 1990. The number of aliphatic hydroxyl groups is 13. The van der Waals surface area contributed by atoms with E-state index < -0.39 is 160 Å². The molecule has 9 rings (SSSR count). The molecule has 28 atom stereocenters. The van der Waals surface area contributed by atoms with E-state index >= 15 is 0 Å². The SMILES string of the molecule is CC1OC(OC2C(OC3COC(OC4CCC5(C)C(CCC6(C)C5CC=C5C7CC(C)(C)CCC7(CO)C(O)CC56C)C4(C)C)C(OC4OC(CO)C(O)C(O)C4O)C3O)OC(CO)C(O)C2O)C(O)C(O)C1O. The van der Waals surface area contributed by atoms with Crippen molar-refractivity contribution in [3.8, 4) is 0 Å². The van der Waals surface area contributed by atoms with Gasteiger partial charge in [-0.15, -0.1) is 0 Å². The van der Waals surface area contributed by atoms with Gasteiger partial charge in [0.1, 0.15) is 85.5 Å². The molecule has 4 heterocycles. The number of fused-ring (bicyclic) bond motifs is 7. The summed E-state index contributed by atoms with van der Waals surface area (Å²) in [6, 6.07) is 0. The molecule has 0 aromatic heterocycles. The number of ether oxygens (including phenoxy) is 8. The standard InChI is InChI=1S/C53H88O21/c1-23-33(58)37(62)40(65)44(68-23)74-43-39(64)35(60)27(20-55)70-47(43)71-28-21-67-46(42(36(28)61)73-45-41(66)38(63)34(59)26(19-54)69-45)72-32-12-13-50(6)29(49(32,4)5)11-14-51(7)30(50)10-9-24-25-17-48(2,3)15-16-53(25,22-56)31(57)18-52(24,51)8/h9,23,25-47,54-66H,10-22H2,1-8H3. The first-order chi connectivity index (χ1) is 34.6. The van der Waals surface area contributed by atoms with Crippen molar-refractivity contribution in [2.24, 2.45) is 50.2 Å². The zero-order valence-corrected chi connectivity index (χ0v) is 44.2. The maximum Gasteiger partial charge on any atom is 0.187 e. The topological polar surface area (TPSA) is 337 Å². The van der Waals surface area contributed by atoms with Crippen LogP contribution in [0.2, 0.25) is 0 Å². The van der Waals surface area contributed by atoms with Gasteiger partial charge in [0.2, 0.25) is 0 Å². The van der Waals surface area contributed by atoms with E-state index in [1.165, 1.54) is 12.5 Å². The molecule has 13 N–H and O–H groups in total. The summed E-state index contributed by atoms with van der Waals surface area (Å²) in [7, 11) is 0. The molecule has 0 amide bonds. The van der Waals surface area contributed by atoms with E-state index in [4.69, 9.17) is 37.9 Å². The Morgan fingerprint density at radius 1 is 0.568 bits per heavy atom. The molecule has 0 bridgehead atoms. The van der Waals surface area contributed by atoms with Crippen LogP contribution in [0.3, 0.4) is 0 Å². The van der Waals surface area contributed by atoms with Gasteiger partial charge in [-0.25, -0.2) is 0 Å². The minimum Gasteiger partial charge on any atom is -0.396 e. The molecule has 4 saturated carbocycles. The number of allylic oxidation sites excluding steroid dienone is 2. The largest absolute Gasteiger partial charge is 0.396 e. The fourth-order valence-corrected chi connectivity index (χ4v) is 16.3. The molecule has 74 heavy (non-hydrogen) atoms. The van der Waals surface area contributed by atoms with Crippen molar-refractivity contribution < 1.29 is 104 Å². The first-order valence-electron chi connectivity index (χ1n) is 27.2. The highest BCUT2D eigenvalue weighted by molar-refractivity contribution is 5.35. The second-order valence-electron chi connectivity index (χ2n) is 26.0. The summed E-state index contributed by atoms with van der Waals surface area (Å²) in [5.74, 6) is 0.484. The monoisotopic (exact) mass is 1060 g/mol. The van der Waals surface area contributed by atoms with Crippen molar-refractivity contribution in [3.05, 3.63) is 11.6 Å². The number of hydrogen-bond acceptors (Lipinski definition) is 21. The van der Waals surface area contributed by atoms with E-state index in [2.05, 4.69) is 54.5 Å². The first-order valence-corrected chi connectivity index (χ1v) is 27.2. The minimum atomic E-state index is -1.88. The van der Waals surface area contributed by atoms with Crippen LogP contribution in [0.5, 0.6) is 0 Å². The summed E-state index contributed by atoms with van der Waals surface area (Å²) in [5, 5.41) is 142. The molecule has 28 unspecified atom stereocenters. The Morgan fingerprint density at radius 3 is 1.80 bits per heavy atom. The molecule has 21 heteroatoms. The van der Waals surface area contributed by atoms with Gasteiger partial charge in [0.25, 0.3) is 0 Å². The molecule has 21 nitrogen and oxygen atoms in total. The van der Waals surface area contributed by atoms with Crippen molar-refractivity contribution in [3.63, 3.8) is 0 Å². The van der Waals surface area contributed by atoms with Crippen molar-refractivity contribution in [2.75, 3.05) is 26.4 Å². The molecule has 4 saturated heterocycles. The average Bonchev–Trinajstić information content (AvgIpc) is 3.34.